The smallest absolute Gasteiger partial charge is 0.142 e. The molecule has 0 saturated carbocycles. The van der Waals surface area contributed by atoms with Gasteiger partial charge in [-0.1, -0.05) is 17.7 Å². The highest BCUT2D eigenvalue weighted by Gasteiger charge is 2.12. The Balaban J connectivity index is 2.31. The number of aromatic nitrogens is 3. The van der Waals surface area contributed by atoms with E-state index in [1.54, 1.807) is 12.4 Å². The number of fused-ring (bicyclic) bond motifs is 1. The molecule has 0 aliphatic heterocycles. The minimum atomic E-state index is 0.618. The maximum atomic E-state index is 6.17. The summed E-state index contributed by atoms with van der Waals surface area (Å²) in [6, 6.07) is 8.13. The first kappa shape index (κ1) is 11.2. The van der Waals surface area contributed by atoms with Crippen molar-refractivity contribution in [2.75, 3.05) is 0 Å². The molecule has 0 atom stereocenters. The van der Waals surface area contributed by atoms with Crippen LogP contribution >= 0.6 is 11.6 Å². The van der Waals surface area contributed by atoms with Gasteiger partial charge in [-0.3, -0.25) is 4.98 Å². The monoisotopic (exact) mass is 257 g/mol. The summed E-state index contributed by atoms with van der Waals surface area (Å²) in [5.41, 5.74) is 4.19. The molecule has 2 heterocycles. The van der Waals surface area contributed by atoms with E-state index in [1.807, 2.05) is 13.1 Å². The summed E-state index contributed by atoms with van der Waals surface area (Å²) in [5, 5.41) is 0.618. The molecule has 0 aliphatic rings. The molecule has 3 nitrogen and oxygen atoms in total. The van der Waals surface area contributed by atoms with Gasteiger partial charge in [-0.2, -0.15) is 0 Å². The van der Waals surface area contributed by atoms with Crippen LogP contribution in [0.3, 0.4) is 0 Å². The fourth-order valence-corrected chi connectivity index (χ4v) is 2.31. The molecule has 0 spiro atoms. The molecule has 0 fully saturated rings. The molecule has 4 heteroatoms. The molecule has 0 unspecified atom stereocenters. The maximum absolute atomic E-state index is 6.17. The van der Waals surface area contributed by atoms with E-state index in [4.69, 9.17) is 11.6 Å². The predicted molar refractivity (Wildman–Crippen MR) is 73.7 cm³/mol. The first-order chi connectivity index (χ1) is 8.66. The Hall–Kier alpha value is -1.87. The number of benzene rings is 1. The first-order valence-electron chi connectivity index (χ1n) is 5.70. The van der Waals surface area contributed by atoms with Crippen molar-refractivity contribution in [3.05, 3.63) is 47.2 Å². The zero-order valence-corrected chi connectivity index (χ0v) is 10.9. The highest BCUT2D eigenvalue weighted by Crippen LogP contribution is 2.28. The Bertz CT molecular complexity index is 731. The molecular formula is C14H12ClN3. The molecule has 2 aromatic heterocycles. The van der Waals surface area contributed by atoms with E-state index in [2.05, 4.69) is 39.7 Å². The van der Waals surface area contributed by atoms with Gasteiger partial charge in [0.05, 0.1) is 16.1 Å². The van der Waals surface area contributed by atoms with Gasteiger partial charge in [0.25, 0.3) is 0 Å². The average Bonchev–Trinajstić information content (AvgIpc) is 2.67. The summed E-state index contributed by atoms with van der Waals surface area (Å²) in [6.45, 7) is 2.06. The highest BCUT2D eigenvalue weighted by atomic mass is 35.5. The highest BCUT2D eigenvalue weighted by molar-refractivity contribution is 6.33. The SMILES string of the molecule is Cc1ccc2c(c1)nc(-c1ccncc1Cl)n2C. The molecule has 0 aliphatic carbocycles. The van der Waals surface area contributed by atoms with Crippen LogP contribution in [0.4, 0.5) is 0 Å². The van der Waals surface area contributed by atoms with Gasteiger partial charge >= 0.3 is 0 Å². The first-order valence-corrected chi connectivity index (χ1v) is 6.07. The third-order valence-electron chi connectivity index (χ3n) is 3.05. The number of rotatable bonds is 1. The van der Waals surface area contributed by atoms with Crippen molar-refractivity contribution in [2.24, 2.45) is 7.05 Å². The fourth-order valence-electron chi connectivity index (χ4n) is 2.11. The molecule has 3 aromatic rings. The Kier molecular flexibility index (Phi) is 2.56. The van der Waals surface area contributed by atoms with Crippen molar-refractivity contribution < 1.29 is 0 Å². The van der Waals surface area contributed by atoms with Crippen molar-refractivity contribution in [1.29, 1.82) is 0 Å². The van der Waals surface area contributed by atoms with Crippen LogP contribution in [0.15, 0.2) is 36.7 Å². The van der Waals surface area contributed by atoms with Crippen LogP contribution < -0.4 is 0 Å². The van der Waals surface area contributed by atoms with Gasteiger partial charge < -0.3 is 4.57 Å². The standard InChI is InChI=1S/C14H12ClN3/c1-9-3-4-13-12(7-9)17-14(18(13)2)10-5-6-16-8-11(10)15/h3-8H,1-2H3. The van der Waals surface area contributed by atoms with Gasteiger partial charge in [-0.25, -0.2) is 4.98 Å². The lowest BCUT2D eigenvalue weighted by atomic mass is 10.2. The van der Waals surface area contributed by atoms with Crippen molar-refractivity contribution in [3.63, 3.8) is 0 Å². The maximum Gasteiger partial charge on any atom is 0.142 e. The summed E-state index contributed by atoms with van der Waals surface area (Å²) in [7, 11) is 2.00. The summed E-state index contributed by atoms with van der Waals surface area (Å²) < 4.78 is 2.05. The molecule has 18 heavy (non-hydrogen) atoms. The van der Waals surface area contributed by atoms with Crippen molar-refractivity contribution in [1.82, 2.24) is 14.5 Å². The molecule has 0 saturated heterocycles. The Morgan fingerprint density at radius 1 is 1.22 bits per heavy atom. The number of halogens is 1. The largest absolute Gasteiger partial charge is 0.327 e. The van der Waals surface area contributed by atoms with Crippen LogP contribution in [0.1, 0.15) is 5.56 Å². The quantitative estimate of drug-likeness (QED) is 0.667. The van der Waals surface area contributed by atoms with E-state index in [1.165, 1.54) is 5.56 Å². The normalized spacial score (nSPS) is 11.1. The fraction of sp³-hybridized carbons (Fsp3) is 0.143. The molecule has 0 amide bonds. The summed E-state index contributed by atoms with van der Waals surface area (Å²) in [5.74, 6) is 0.864. The van der Waals surface area contributed by atoms with E-state index >= 15 is 0 Å². The molecule has 1 aromatic carbocycles. The number of hydrogen-bond acceptors (Lipinski definition) is 2. The van der Waals surface area contributed by atoms with Crippen LogP contribution in [0.2, 0.25) is 5.02 Å². The number of pyridine rings is 1. The van der Waals surface area contributed by atoms with Crippen molar-refractivity contribution in [2.45, 2.75) is 6.92 Å². The average molecular weight is 258 g/mol. The van der Waals surface area contributed by atoms with E-state index in [0.29, 0.717) is 5.02 Å². The third kappa shape index (κ3) is 1.68. The summed E-state index contributed by atoms with van der Waals surface area (Å²) in [6.07, 6.45) is 3.37. The summed E-state index contributed by atoms with van der Waals surface area (Å²) in [4.78, 5) is 8.65. The second-order valence-corrected chi connectivity index (χ2v) is 4.75. The minimum Gasteiger partial charge on any atom is -0.327 e. The molecule has 0 bridgehead atoms. The lowest BCUT2D eigenvalue weighted by molar-refractivity contribution is 0.958. The van der Waals surface area contributed by atoms with Crippen molar-refractivity contribution in [3.8, 4) is 11.4 Å². The number of aryl methyl sites for hydroxylation is 2. The Labute approximate surface area is 110 Å². The van der Waals surface area contributed by atoms with Crippen LogP contribution in [0.25, 0.3) is 22.4 Å². The topological polar surface area (TPSA) is 30.7 Å². The van der Waals surface area contributed by atoms with Crippen LogP contribution in [-0.2, 0) is 7.05 Å². The lowest BCUT2D eigenvalue weighted by Gasteiger charge is -2.03. The third-order valence-corrected chi connectivity index (χ3v) is 3.35. The van der Waals surface area contributed by atoms with Crippen molar-refractivity contribution >= 4 is 22.6 Å². The molecular weight excluding hydrogens is 246 g/mol. The zero-order chi connectivity index (χ0) is 12.7. The Morgan fingerprint density at radius 2 is 2.06 bits per heavy atom. The van der Waals surface area contributed by atoms with Gasteiger partial charge in [0.1, 0.15) is 5.82 Å². The van der Waals surface area contributed by atoms with E-state index in [9.17, 15) is 0 Å². The Morgan fingerprint density at radius 3 is 2.83 bits per heavy atom. The molecule has 0 radical (unpaired) electrons. The number of imidazole rings is 1. The molecule has 90 valence electrons. The lowest BCUT2D eigenvalue weighted by Crippen LogP contribution is -1.93. The molecule has 3 rings (SSSR count). The minimum absolute atomic E-state index is 0.618. The second-order valence-electron chi connectivity index (χ2n) is 4.34. The van der Waals surface area contributed by atoms with Gasteiger partial charge in [0.15, 0.2) is 0 Å². The van der Waals surface area contributed by atoms with Crippen LogP contribution in [0.5, 0.6) is 0 Å². The van der Waals surface area contributed by atoms with Crippen LogP contribution in [-0.4, -0.2) is 14.5 Å². The van der Waals surface area contributed by atoms with Gasteiger partial charge in [-0.05, 0) is 30.7 Å². The second kappa shape index (κ2) is 4.10. The molecule has 0 N–H and O–H groups in total. The van der Waals surface area contributed by atoms with Gasteiger partial charge in [0, 0.05) is 25.0 Å². The van der Waals surface area contributed by atoms with Gasteiger partial charge in [0.2, 0.25) is 0 Å². The number of hydrogen-bond donors (Lipinski definition) is 0. The van der Waals surface area contributed by atoms with Gasteiger partial charge in [-0.15, -0.1) is 0 Å². The predicted octanol–water partition coefficient (Wildman–Crippen LogP) is 3.60. The summed E-state index contributed by atoms with van der Waals surface area (Å²) >= 11 is 6.17. The van der Waals surface area contributed by atoms with E-state index in [0.717, 1.165) is 22.4 Å². The van der Waals surface area contributed by atoms with E-state index in [-0.39, 0.29) is 0 Å². The van der Waals surface area contributed by atoms with E-state index < -0.39 is 0 Å². The number of nitrogens with zero attached hydrogens (tertiary/aromatic N) is 3. The zero-order valence-electron chi connectivity index (χ0n) is 10.2. The van der Waals surface area contributed by atoms with Crippen LogP contribution in [0, 0.1) is 6.92 Å².